The fraction of sp³-hybridized carbons (Fsp3) is 0.450. The summed E-state index contributed by atoms with van der Waals surface area (Å²) in [5.74, 6) is 0.842. The topological polar surface area (TPSA) is 80.5 Å². The molecule has 1 aliphatic heterocycles. The van der Waals surface area contributed by atoms with Crippen LogP contribution in [0, 0.1) is 6.92 Å². The van der Waals surface area contributed by atoms with E-state index in [1.807, 2.05) is 25.1 Å². The highest BCUT2D eigenvalue weighted by atomic mass is 32.1. The Morgan fingerprint density at radius 1 is 1.36 bits per heavy atom. The van der Waals surface area contributed by atoms with Crippen LogP contribution in [0.3, 0.4) is 0 Å². The molecule has 7 nitrogen and oxygen atoms in total. The van der Waals surface area contributed by atoms with E-state index < -0.39 is 0 Å². The molecule has 0 radical (unpaired) electrons. The average molecular weight is 401 g/mol. The summed E-state index contributed by atoms with van der Waals surface area (Å²) in [6.45, 7) is 7.09. The molecule has 1 atom stereocenters. The highest BCUT2D eigenvalue weighted by Gasteiger charge is 2.19. The number of fused-ring (bicyclic) bond motifs is 1. The Morgan fingerprint density at radius 3 is 3.00 bits per heavy atom. The molecule has 0 spiro atoms. The zero-order valence-corrected chi connectivity index (χ0v) is 16.9. The number of carbonyl (C=O) groups is 1. The molecule has 0 unspecified atom stereocenters. The molecule has 4 rings (SSSR count). The van der Waals surface area contributed by atoms with Crippen LogP contribution in [0.5, 0.6) is 5.75 Å². The Kier molecular flexibility index (Phi) is 5.59. The van der Waals surface area contributed by atoms with Crippen molar-refractivity contribution in [2.24, 2.45) is 0 Å². The first-order chi connectivity index (χ1) is 13.6. The third-order valence-corrected chi connectivity index (χ3v) is 5.89. The van der Waals surface area contributed by atoms with Crippen LogP contribution in [-0.4, -0.2) is 46.5 Å². The number of thiazole rings is 1. The molecule has 1 aromatic carbocycles. The van der Waals surface area contributed by atoms with Gasteiger partial charge in [0.15, 0.2) is 12.3 Å². The molecule has 8 heteroatoms. The number of likely N-dealkylation sites (tertiary alicyclic amines) is 1. The third kappa shape index (κ3) is 4.34. The zero-order valence-electron chi connectivity index (χ0n) is 16.1. The molecule has 1 fully saturated rings. The van der Waals surface area contributed by atoms with E-state index in [0.29, 0.717) is 24.2 Å². The van der Waals surface area contributed by atoms with E-state index in [1.54, 1.807) is 11.3 Å². The summed E-state index contributed by atoms with van der Waals surface area (Å²) in [6.07, 6.45) is 3.85. The smallest absolute Gasteiger partial charge is 0.273 e. The number of ether oxygens (including phenoxy) is 1. The van der Waals surface area contributed by atoms with Crippen LogP contribution in [0.15, 0.2) is 28.9 Å². The molecule has 148 valence electrons. The molecule has 0 aliphatic carbocycles. The maximum Gasteiger partial charge on any atom is 0.273 e. The van der Waals surface area contributed by atoms with Gasteiger partial charge in [-0.3, -0.25) is 9.69 Å². The Bertz CT molecular complexity index is 961. The molecule has 28 heavy (non-hydrogen) atoms. The predicted octanol–water partition coefficient (Wildman–Crippen LogP) is 3.39. The quantitative estimate of drug-likeness (QED) is 0.655. The van der Waals surface area contributed by atoms with E-state index in [-0.39, 0.29) is 18.2 Å². The number of oxazole rings is 1. The van der Waals surface area contributed by atoms with Crippen molar-refractivity contribution in [1.29, 1.82) is 0 Å². The van der Waals surface area contributed by atoms with Crippen LogP contribution >= 0.6 is 11.3 Å². The number of nitrogens with one attached hydrogen (secondary N) is 1. The van der Waals surface area contributed by atoms with Crippen LogP contribution in [0.4, 0.5) is 0 Å². The first-order valence-corrected chi connectivity index (χ1v) is 10.4. The number of nitrogens with zero attached hydrogens (tertiary/aromatic N) is 3. The minimum absolute atomic E-state index is 0.159. The first kappa shape index (κ1) is 18.9. The van der Waals surface area contributed by atoms with Gasteiger partial charge in [0.25, 0.3) is 5.91 Å². The van der Waals surface area contributed by atoms with Crippen LogP contribution in [0.1, 0.15) is 41.2 Å². The van der Waals surface area contributed by atoms with Crippen LogP contribution in [0.25, 0.3) is 10.2 Å². The number of hydrogen-bond acceptors (Lipinski definition) is 7. The fourth-order valence-corrected chi connectivity index (χ4v) is 4.19. The van der Waals surface area contributed by atoms with Crippen molar-refractivity contribution in [2.75, 3.05) is 19.6 Å². The standard InChI is InChI=1S/C20H24N4O3S/c1-13(24-7-3-4-8-24)10-21-20(25)17-11-27-19(23-17)12-26-15-5-6-18-16(9-15)22-14(2)28-18/h5-6,9,11,13H,3-4,7-8,10,12H2,1-2H3,(H,21,25)/t13-/m0/s1. The van der Waals surface area contributed by atoms with Gasteiger partial charge in [0.05, 0.1) is 15.2 Å². The second-order valence-corrected chi connectivity index (χ2v) is 8.31. The van der Waals surface area contributed by atoms with E-state index in [9.17, 15) is 4.79 Å². The number of carbonyl (C=O) groups excluding carboxylic acids is 1. The maximum atomic E-state index is 12.3. The monoisotopic (exact) mass is 400 g/mol. The Hall–Kier alpha value is -2.45. The van der Waals surface area contributed by atoms with Crippen molar-refractivity contribution in [1.82, 2.24) is 20.2 Å². The molecule has 1 amide bonds. The Labute approximate surface area is 167 Å². The van der Waals surface area contributed by atoms with Crippen molar-refractivity contribution < 1.29 is 13.9 Å². The number of rotatable bonds is 7. The number of amides is 1. The number of hydrogen-bond donors (Lipinski definition) is 1. The van der Waals surface area contributed by atoms with Gasteiger partial charge >= 0.3 is 0 Å². The number of aryl methyl sites for hydroxylation is 1. The van der Waals surface area contributed by atoms with Crippen molar-refractivity contribution in [3.63, 3.8) is 0 Å². The summed E-state index contributed by atoms with van der Waals surface area (Å²) < 4.78 is 12.3. The molecule has 3 aromatic rings. The van der Waals surface area contributed by atoms with Crippen molar-refractivity contribution in [3.05, 3.63) is 41.1 Å². The summed E-state index contributed by atoms with van der Waals surface area (Å²) in [5.41, 5.74) is 1.19. The van der Waals surface area contributed by atoms with E-state index in [2.05, 4.69) is 27.1 Å². The highest BCUT2D eigenvalue weighted by Crippen LogP contribution is 2.26. The van der Waals surface area contributed by atoms with Gasteiger partial charge in [0.2, 0.25) is 5.89 Å². The second-order valence-electron chi connectivity index (χ2n) is 7.08. The van der Waals surface area contributed by atoms with Gasteiger partial charge in [-0.2, -0.15) is 0 Å². The fourth-order valence-electron chi connectivity index (χ4n) is 3.38. The third-order valence-electron chi connectivity index (χ3n) is 4.93. The molecule has 1 saturated heterocycles. The van der Waals surface area contributed by atoms with Crippen molar-refractivity contribution in [2.45, 2.75) is 39.3 Å². The SMILES string of the molecule is Cc1nc2cc(OCc3nc(C(=O)NC[C@H](C)N4CCCC4)co3)ccc2s1. The molecule has 1 aliphatic rings. The van der Waals surface area contributed by atoms with E-state index in [4.69, 9.17) is 9.15 Å². The lowest BCUT2D eigenvalue weighted by molar-refractivity contribution is 0.0935. The van der Waals surface area contributed by atoms with Crippen LogP contribution in [-0.2, 0) is 6.61 Å². The van der Waals surface area contributed by atoms with E-state index >= 15 is 0 Å². The van der Waals surface area contributed by atoms with Crippen molar-refractivity contribution >= 4 is 27.5 Å². The van der Waals surface area contributed by atoms with Gasteiger partial charge < -0.3 is 14.5 Å². The molecular weight excluding hydrogens is 376 g/mol. The van der Waals surface area contributed by atoms with Crippen molar-refractivity contribution in [3.8, 4) is 5.75 Å². The molecule has 1 N–H and O–H groups in total. The van der Waals surface area contributed by atoms with Gasteiger partial charge in [0.1, 0.15) is 12.0 Å². The summed E-state index contributed by atoms with van der Waals surface area (Å²) in [5, 5.41) is 3.96. The van der Waals surface area contributed by atoms with Gasteiger partial charge in [-0.05, 0) is 51.9 Å². The maximum absolute atomic E-state index is 12.3. The second kappa shape index (κ2) is 8.28. The average Bonchev–Trinajstić information content (AvgIpc) is 3.43. The number of aromatic nitrogens is 2. The Balaban J connectivity index is 1.29. The zero-order chi connectivity index (χ0) is 19.5. The summed E-state index contributed by atoms with van der Waals surface area (Å²) in [4.78, 5) is 23.4. The molecule has 3 heterocycles. The van der Waals surface area contributed by atoms with Gasteiger partial charge in [-0.25, -0.2) is 9.97 Å². The summed E-state index contributed by atoms with van der Waals surface area (Å²) in [7, 11) is 0. The molecular formula is C20H24N4O3S. The van der Waals surface area contributed by atoms with Gasteiger partial charge in [0, 0.05) is 18.7 Å². The summed E-state index contributed by atoms with van der Waals surface area (Å²) in [6, 6.07) is 6.11. The minimum atomic E-state index is -0.222. The van der Waals surface area contributed by atoms with Gasteiger partial charge in [-0.1, -0.05) is 0 Å². The number of benzene rings is 1. The van der Waals surface area contributed by atoms with Crippen LogP contribution in [0.2, 0.25) is 0 Å². The lowest BCUT2D eigenvalue weighted by atomic mass is 10.3. The predicted molar refractivity (Wildman–Crippen MR) is 108 cm³/mol. The Morgan fingerprint density at radius 2 is 2.18 bits per heavy atom. The van der Waals surface area contributed by atoms with E-state index in [1.165, 1.54) is 19.1 Å². The lowest BCUT2D eigenvalue weighted by Gasteiger charge is -2.23. The largest absolute Gasteiger partial charge is 0.484 e. The molecule has 0 saturated carbocycles. The molecule has 2 aromatic heterocycles. The lowest BCUT2D eigenvalue weighted by Crippen LogP contribution is -2.40. The highest BCUT2D eigenvalue weighted by molar-refractivity contribution is 7.18. The summed E-state index contributed by atoms with van der Waals surface area (Å²) >= 11 is 1.65. The molecule has 0 bridgehead atoms. The van der Waals surface area contributed by atoms with E-state index in [0.717, 1.165) is 28.3 Å². The van der Waals surface area contributed by atoms with Gasteiger partial charge in [-0.15, -0.1) is 11.3 Å². The normalized spacial score (nSPS) is 15.8. The first-order valence-electron chi connectivity index (χ1n) is 9.55. The minimum Gasteiger partial charge on any atom is -0.484 e. The van der Waals surface area contributed by atoms with Crippen LogP contribution < -0.4 is 10.1 Å².